The number of hydrogen-bond donors (Lipinski definition) is 0. The summed E-state index contributed by atoms with van der Waals surface area (Å²) in [6.07, 6.45) is 8.54. The Kier molecular flexibility index (Phi) is 6.73. The minimum atomic E-state index is 0.935. The SMILES string of the molecule is CC[n+]1ccc(/C=C/c2ccc(N(C)CCSc3oc4ccccc4[n+]3C)cc2)cc1. The zero-order valence-electron chi connectivity index (χ0n) is 18.4. The molecule has 4 aromatic rings. The normalized spacial score (nSPS) is 11.5. The Hall–Kier alpha value is -3.05. The number of pyridine rings is 1. The molecule has 0 fully saturated rings. The summed E-state index contributed by atoms with van der Waals surface area (Å²) < 4.78 is 10.3. The second-order valence-electron chi connectivity index (χ2n) is 7.55. The molecule has 4 rings (SSSR count). The number of hydrogen-bond acceptors (Lipinski definition) is 3. The smallest absolute Gasteiger partial charge is 0.393 e. The molecular weight excluding hydrogens is 402 g/mol. The van der Waals surface area contributed by atoms with Crippen molar-refractivity contribution in [3.05, 3.63) is 84.2 Å². The quantitative estimate of drug-likeness (QED) is 0.291. The van der Waals surface area contributed by atoms with Crippen LogP contribution in [0.25, 0.3) is 23.3 Å². The van der Waals surface area contributed by atoms with Gasteiger partial charge in [0.05, 0.1) is 0 Å². The molecule has 31 heavy (non-hydrogen) atoms. The van der Waals surface area contributed by atoms with Gasteiger partial charge >= 0.3 is 5.22 Å². The molecule has 158 valence electrons. The summed E-state index contributed by atoms with van der Waals surface area (Å²) in [5.41, 5.74) is 5.69. The van der Waals surface area contributed by atoms with Crippen LogP contribution in [0, 0.1) is 0 Å². The largest absolute Gasteiger partial charge is 0.412 e. The van der Waals surface area contributed by atoms with E-state index in [1.165, 1.54) is 16.8 Å². The van der Waals surface area contributed by atoms with Crippen LogP contribution in [-0.2, 0) is 13.6 Å². The lowest BCUT2D eigenvalue weighted by Crippen LogP contribution is -2.30. The zero-order chi connectivity index (χ0) is 21.6. The van der Waals surface area contributed by atoms with Gasteiger partial charge in [0.2, 0.25) is 5.58 Å². The highest BCUT2D eigenvalue weighted by molar-refractivity contribution is 7.99. The van der Waals surface area contributed by atoms with Crippen LogP contribution in [0.1, 0.15) is 18.1 Å². The predicted octanol–water partition coefficient (Wildman–Crippen LogP) is 4.96. The first-order chi connectivity index (χ1) is 15.1. The highest BCUT2D eigenvalue weighted by Gasteiger charge is 2.18. The Morgan fingerprint density at radius 1 is 0.935 bits per heavy atom. The topological polar surface area (TPSA) is 24.1 Å². The number of thioether (sulfide) groups is 1. The number of nitrogens with zero attached hydrogens (tertiary/aromatic N) is 3. The van der Waals surface area contributed by atoms with Crippen LogP contribution >= 0.6 is 11.8 Å². The molecule has 0 aliphatic carbocycles. The van der Waals surface area contributed by atoms with Gasteiger partial charge in [0, 0.05) is 43.2 Å². The number of benzene rings is 2. The van der Waals surface area contributed by atoms with Crippen molar-refractivity contribution in [1.82, 2.24) is 0 Å². The summed E-state index contributed by atoms with van der Waals surface area (Å²) in [6, 6.07) is 21.1. The predicted molar refractivity (Wildman–Crippen MR) is 129 cm³/mol. The van der Waals surface area contributed by atoms with Crippen LogP contribution < -0.4 is 14.0 Å². The molecule has 0 radical (unpaired) electrons. The first-order valence-electron chi connectivity index (χ1n) is 10.6. The first-order valence-corrected chi connectivity index (χ1v) is 11.6. The molecule has 0 unspecified atom stereocenters. The molecule has 0 N–H and O–H groups in total. The summed E-state index contributed by atoms with van der Waals surface area (Å²) >= 11 is 1.75. The molecule has 0 aliphatic heterocycles. The maximum Gasteiger partial charge on any atom is 0.412 e. The lowest BCUT2D eigenvalue weighted by atomic mass is 10.1. The highest BCUT2D eigenvalue weighted by atomic mass is 32.2. The lowest BCUT2D eigenvalue weighted by Gasteiger charge is -2.18. The van der Waals surface area contributed by atoms with Gasteiger partial charge in [-0.2, -0.15) is 4.57 Å². The van der Waals surface area contributed by atoms with Gasteiger partial charge in [0.1, 0.15) is 13.6 Å². The standard InChI is InChI=1S/C26H29N3OS/c1-4-29-17-15-22(16-18-29)10-9-21-11-13-23(14-12-21)27(2)19-20-31-26-28(3)24-7-5-6-8-25(24)30-26/h5-18H,4,19-20H2,1-3H3/q+2. The minimum absolute atomic E-state index is 0.935. The van der Waals surface area contributed by atoms with Gasteiger partial charge in [-0.25, -0.2) is 4.57 Å². The number of fused-ring (bicyclic) bond motifs is 1. The highest BCUT2D eigenvalue weighted by Crippen LogP contribution is 2.22. The van der Waals surface area contributed by atoms with E-state index in [1.807, 2.05) is 18.2 Å². The monoisotopic (exact) mass is 431 g/mol. The molecule has 0 amide bonds. The molecule has 0 spiro atoms. The van der Waals surface area contributed by atoms with Gasteiger partial charge in [-0.15, -0.1) is 0 Å². The van der Waals surface area contributed by atoms with Crippen LogP contribution in [-0.4, -0.2) is 19.3 Å². The minimum Gasteiger partial charge on any atom is -0.393 e. The Morgan fingerprint density at radius 3 is 2.29 bits per heavy atom. The van der Waals surface area contributed by atoms with Crippen molar-refractivity contribution in [2.75, 3.05) is 24.2 Å². The van der Waals surface area contributed by atoms with Gasteiger partial charge in [-0.05, 0) is 48.0 Å². The van der Waals surface area contributed by atoms with E-state index >= 15 is 0 Å². The third-order valence-electron chi connectivity index (χ3n) is 5.43. The molecule has 5 heteroatoms. The third-order valence-corrected chi connectivity index (χ3v) is 6.42. The Labute approximate surface area is 188 Å². The molecule has 0 aliphatic rings. The summed E-state index contributed by atoms with van der Waals surface area (Å²) in [5, 5.41) is 0.945. The number of rotatable bonds is 8. The van der Waals surface area contributed by atoms with E-state index in [4.69, 9.17) is 4.42 Å². The molecule has 2 aromatic carbocycles. The second kappa shape index (κ2) is 9.84. The van der Waals surface area contributed by atoms with Gasteiger partial charge in [0.15, 0.2) is 12.4 Å². The van der Waals surface area contributed by atoms with E-state index in [0.29, 0.717) is 0 Å². The van der Waals surface area contributed by atoms with E-state index in [0.717, 1.165) is 35.2 Å². The zero-order valence-corrected chi connectivity index (χ0v) is 19.2. The van der Waals surface area contributed by atoms with Gasteiger partial charge in [0.25, 0.3) is 5.52 Å². The van der Waals surface area contributed by atoms with Crippen molar-refractivity contribution >= 4 is 40.7 Å². The van der Waals surface area contributed by atoms with Gasteiger partial charge in [-0.1, -0.05) is 36.4 Å². The Bertz CT molecular complexity index is 1160. The lowest BCUT2D eigenvalue weighted by molar-refractivity contribution is -0.693. The van der Waals surface area contributed by atoms with Crippen molar-refractivity contribution in [1.29, 1.82) is 0 Å². The van der Waals surface area contributed by atoms with Crippen LogP contribution in [0.3, 0.4) is 0 Å². The van der Waals surface area contributed by atoms with Gasteiger partial charge < -0.3 is 9.32 Å². The van der Waals surface area contributed by atoms with E-state index in [9.17, 15) is 0 Å². The van der Waals surface area contributed by atoms with E-state index < -0.39 is 0 Å². The summed E-state index contributed by atoms with van der Waals surface area (Å²) in [4.78, 5) is 2.28. The third kappa shape index (κ3) is 5.17. The summed E-state index contributed by atoms with van der Waals surface area (Å²) in [5.74, 6) is 0.956. The fourth-order valence-corrected chi connectivity index (χ4v) is 4.41. The summed E-state index contributed by atoms with van der Waals surface area (Å²) in [7, 11) is 4.19. The molecule has 0 saturated heterocycles. The number of oxazole rings is 1. The van der Waals surface area contributed by atoms with Crippen LogP contribution in [0.2, 0.25) is 0 Å². The summed E-state index contributed by atoms with van der Waals surface area (Å²) in [6.45, 7) is 4.08. The molecule has 0 bridgehead atoms. The van der Waals surface area contributed by atoms with Crippen molar-refractivity contribution in [3.8, 4) is 0 Å². The number of aryl methyl sites for hydroxylation is 2. The van der Waals surface area contributed by atoms with Crippen molar-refractivity contribution < 1.29 is 13.6 Å². The van der Waals surface area contributed by atoms with E-state index in [1.54, 1.807) is 11.8 Å². The maximum atomic E-state index is 5.98. The van der Waals surface area contributed by atoms with Crippen LogP contribution in [0.4, 0.5) is 5.69 Å². The molecule has 2 aromatic heterocycles. The second-order valence-corrected chi connectivity index (χ2v) is 8.60. The van der Waals surface area contributed by atoms with Crippen molar-refractivity contribution in [2.45, 2.75) is 18.7 Å². The first kappa shape index (κ1) is 21.2. The molecule has 4 nitrogen and oxygen atoms in total. The molecule has 0 saturated carbocycles. The van der Waals surface area contributed by atoms with E-state index in [-0.39, 0.29) is 0 Å². The molecule has 0 atom stereocenters. The van der Waals surface area contributed by atoms with Gasteiger partial charge in [-0.3, -0.25) is 0 Å². The maximum absolute atomic E-state index is 5.98. The van der Waals surface area contributed by atoms with Crippen LogP contribution in [0.15, 0.2) is 82.7 Å². The fourth-order valence-electron chi connectivity index (χ4n) is 3.43. The van der Waals surface area contributed by atoms with Crippen LogP contribution in [0.5, 0.6) is 0 Å². The fraction of sp³-hybridized carbons (Fsp3) is 0.231. The van der Waals surface area contributed by atoms with E-state index in [2.05, 4.69) is 102 Å². The number of para-hydroxylation sites is 2. The average molecular weight is 432 g/mol. The molecule has 2 heterocycles. The number of anilines is 1. The number of aromatic nitrogens is 2. The Morgan fingerprint density at radius 2 is 1.61 bits per heavy atom. The van der Waals surface area contributed by atoms with Crippen molar-refractivity contribution in [2.24, 2.45) is 7.05 Å². The Balaban J connectivity index is 1.31. The van der Waals surface area contributed by atoms with Crippen molar-refractivity contribution in [3.63, 3.8) is 0 Å². The molecular formula is C26H29N3OS+2. The average Bonchev–Trinajstić information content (AvgIpc) is 3.14.